The number of carbonyl (C=O) groups excluding carboxylic acids is 1. The van der Waals surface area contributed by atoms with E-state index in [4.69, 9.17) is 0 Å². The zero-order chi connectivity index (χ0) is 15.1. The minimum Gasteiger partial charge on any atom is -0.325 e. The van der Waals surface area contributed by atoms with Gasteiger partial charge in [-0.2, -0.15) is 0 Å². The third kappa shape index (κ3) is 2.52. The Hall–Kier alpha value is -0.570. The predicted molar refractivity (Wildman–Crippen MR) is 85.9 cm³/mol. The molecule has 1 amide bonds. The van der Waals surface area contributed by atoms with E-state index < -0.39 is 0 Å². The van der Waals surface area contributed by atoms with Crippen molar-refractivity contribution in [3.63, 3.8) is 0 Å². The van der Waals surface area contributed by atoms with E-state index in [1.165, 1.54) is 51.4 Å². The Balaban J connectivity index is 1.80. The summed E-state index contributed by atoms with van der Waals surface area (Å²) in [5.74, 6) is 1.04. The highest BCUT2D eigenvalue weighted by atomic mass is 16.2. The van der Waals surface area contributed by atoms with Crippen molar-refractivity contribution >= 4 is 5.91 Å². The van der Waals surface area contributed by atoms with Crippen LogP contribution in [0.25, 0.3) is 0 Å². The summed E-state index contributed by atoms with van der Waals surface area (Å²) in [6, 6.07) is 0. The van der Waals surface area contributed by atoms with Crippen molar-refractivity contribution in [1.82, 2.24) is 10.2 Å². The number of amides is 1. The summed E-state index contributed by atoms with van der Waals surface area (Å²) in [6.07, 6.45) is 11.7. The largest absolute Gasteiger partial charge is 0.325 e. The second kappa shape index (κ2) is 5.57. The Bertz CT molecular complexity index is 393. The van der Waals surface area contributed by atoms with Crippen molar-refractivity contribution in [2.75, 3.05) is 6.54 Å². The molecule has 0 spiro atoms. The van der Waals surface area contributed by atoms with Crippen LogP contribution in [-0.2, 0) is 4.79 Å². The van der Waals surface area contributed by atoms with Gasteiger partial charge in [0, 0.05) is 6.54 Å². The summed E-state index contributed by atoms with van der Waals surface area (Å²) in [5.41, 5.74) is 0.0964. The van der Waals surface area contributed by atoms with Crippen LogP contribution in [0.15, 0.2) is 0 Å². The van der Waals surface area contributed by atoms with Gasteiger partial charge in [-0.3, -0.25) is 10.1 Å². The van der Waals surface area contributed by atoms with Gasteiger partial charge in [-0.15, -0.1) is 0 Å². The summed E-state index contributed by atoms with van der Waals surface area (Å²) >= 11 is 0. The molecule has 2 unspecified atom stereocenters. The molecule has 2 atom stereocenters. The van der Waals surface area contributed by atoms with Gasteiger partial charge in [0.25, 0.3) is 0 Å². The fourth-order valence-electron chi connectivity index (χ4n) is 4.64. The molecule has 2 aliphatic carbocycles. The number of rotatable bonds is 5. The predicted octanol–water partition coefficient (Wildman–Crippen LogP) is 3.68. The van der Waals surface area contributed by atoms with Gasteiger partial charge >= 0.3 is 0 Å². The van der Waals surface area contributed by atoms with E-state index >= 15 is 0 Å². The number of carbonyl (C=O) groups is 1. The average molecular weight is 292 g/mol. The fourth-order valence-corrected chi connectivity index (χ4v) is 4.64. The summed E-state index contributed by atoms with van der Waals surface area (Å²) in [7, 11) is 0. The van der Waals surface area contributed by atoms with Crippen LogP contribution < -0.4 is 5.32 Å². The first-order chi connectivity index (χ1) is 10.0. The zero-order valence-electron chi connectivity index (χ0n) is 14.1. The number of nitrogens with zero attached hydrogens (tertiary/aromatic N) is 1. The molecule has 0 aromatic carbocycles. The van der Waals surface area contributed by atoms with E-state index in [-0.39, 0.29) is 5.54 Å². The fraction of sp³-hybridized carbons (Fsp3) is 0.944. The second-order valence-electron chi connectivity index (χ2n) is 7.96. The van der Waals surface area contributed by atoms with E-state index in [1.54, 1.807) is 0 Å². The lowest BCUT2D eigenvalue weighted by atomic mass is 9.66. The molecule has 0 bridgehead atoms. The molecule has 1 saturated heterocycles. The van der Waals surface area contributed by atoms with E-state index in [1.807, 2.05) is 0 Å². The Kier molecular flexibility index (Phi) is 4.06. The second-order valence-corrected chi connectivity index (χ2v) is 7.96. The van der Waals surface area contributed by atoms with E-state index in [2.05, 4.69) is 31.0 Å². The van der Waals surface area contributed by atoms with Gasteiger partial charge in [-0.25, -0.2) is 0 Å². The summed E-state index contributed by atoms with van der Waals surface area (Å²) in [4.78, 5) is 15.3. The van der Waals surface area contributed by atoms with E-state index in [0.29, 0.717) is 23.4 Å². The van der Waals surface area contributed by atoms with Gasteiger partial charge < -0.3 is 4.90 Å². The third-order valence-electron chi connectivity index (χ3n) is 6.76. The maximum Gasteiger partial charge on any atom is 0.243 e. The van der Waals surface area contributed by atoms with Crippen LogP contribution in [0.2, 0.25) is 0 Å². The summed E-state index contributed by atoms with van der Waals surface area (Å²) in [5, 5.41) is 3.73. The highest BCUT2D eigenvalue weighted by Gasteiger charge is 2.52. The van der Waals surface area contributed by atoms with Crippen LogP contribution in [0.1, 0.15) is 78.6 Å². The van der Waals surface area contributed by atoms with E-state index in [9.17, 15) is 4.79 Å². The Morgan fingerprint density at radius 2 is 1.81 bits per heavy atom. The first-order valence-electron chi connectivity index (χ1n) is 9.12. The lowest BCUT2D eigenvalue weighted by Gasteiger charge is -2.45. The molecule has 2 saturated carbocycles. The van der Waals surface area contributed by atoms with Crippen LogP contribution in [-0.4, -0.2) is 29.1 Å². The van der Waals surface area contributed by atoms with Crippen LogP contribution in [0, 0.1) is 11.3 Å². The van der Waals surface area contributed by atoms with Crippen LogP contribution >= 0.6 is 0 Å². The highest BCUT2D eigenvalue weighted by Crippen LogP contribution is 2.46. The molecule has 0 aromatic rings. The molecule has 1 heterocycles. The van der Waals surface area contributed by atoms with Crippen LogP contribution in [0.4, 0.5) is 0 Å². The van der Waals surface area contributed by atoms with Gasteiger partial charge in [-0.1, -0.05) is 33.1 Å². The van der Waals surface area contributed by atoms with Gasteiger partial charge in [0.15, 0.2) is 0 Å². The zero-order valence-corrected chi connectivity index (χ0v) is 14.1. The number of hydrogen-bond donors (Lipinski definition) is 1. The molecule has 21 heavy (non-hydrogen) atoms. The SMILES string of the molecule is CCC1(CN2C(=O)C(C)(CC)NC2C2CCCC2)CCC1. The monoisotopic (exact) mass is 292 g/mol. The molecule has 3 heteroatoms. The molecule has 3 fully saturated rings. The van der Waals surface area contributed by atoms with Crippen molar-refractivity contribution in [3.05, 3.63) is 0 Å². The molecule has 3 aliphatic rings. The molecule has 3 nitrogen and oxygen atoms in total. The van der Waals surface area contributed by atoms with Crippen molar-refractivity contribution in [3.8, 4) is 0 Å². The maximum absolute atomic E-state index is 13.0. The van der Waals surface area contributed by atoms with Crippen LogP contribution in [0.5, 0.6) is 0 Å². The minimum absolute atomic E-state index is 0.300. The molecule has 120 valence electrons. The molecule has 0 aromatic heterocycles. The van der Waals surface area contributed by atoms with E-state index in [0.717, 1.165) is 13.0 Å². The van der Waals surface area contributed by atoms with Crippen molar-refractivity contribution in [2.24, 2.45) is 11.3 Å². The quantitative estimate of drug-likeness (QED) is 0.838. The number of nitrogens with one attached hydrogen (secondary N) is 1. The first-order valence-corrected chi connectivity index (χ1v) is 9.12. The van der Waals surface area contributed by atoms with Gasteiger partial charge in [0.2, 0.25) is 5.91 Å². The molecule has 1 aliphatic heterocycles. The normalized spacial score (nSPS) is 36.2. The highest BCUT2D eigenvalue weighted by molar-refractivity contribution is 5.88. The summed E-state index contributed by atoms with van der Waals surface area (Å²) in [6.45, 7) is 7.54. The molecule has 0 radical (unpaired) electrons. The Labute approximate surface area is 129 Å². The first kappa shape index (κ1) is 15.3. The van der Waals surface area contributed by atoms with Gasteiger partial charge in [0.05, 0.1) is 11.7 Å². The third-order valence-corrected chi connectivity index (χ3v) is 6.76. The molecular weight excluding hydrogens is 260 g/mol. The van der Waals surface area contributed by atoms with Crippen molar-refractivity contribution in [1.29, 1.82) is 0 Å². The smallest absolute Gasteiger partial charge is 0.243 e. The van der Waals surface area contributed by atoms with Crippen molar-refractivity contribution < 1.29 is 4.79 Å². The average Bonchev–Trinajstić information content (AvgIpc) is 3.05. The summed E-state index contributed by atoms with van der Waals surface area (Å²) < 4.78 is 0. The van der Waals surface area contributed by atoms with Gasteiger partial charge in [-0.05, 0) is 56.8 Å². The lowest BCUT2D eigenvalue weighted by Crippen LogP contribution is -2.49. The topological polar surface area (TPSA) is 32.3 Å². The maximum atomic E-state index is 13.0. The van der Waals surface area contributed by atoms with Gasteiger partial charge in [0.1, 0.15) is 0 Å². The molecule has 3 rings (SSSR count). The van der Waals surface area contributed by atoms with Crippen molar-refractivity contribution in [2.45, 2.75) is 90.3 Å². The van der Waals surface area contributed by atoms with Crippen LogP contribution in [0.3, 0.4) is 0 Å². The molecule has 1 N–H and O–H groups in total. The minimum atomic E-state index is -0.327. The molecular formula is C18H32N2O. The number of hydrogen-bond acceptors (Lipinski definition) is 2. The Morgan fingerprint density at radius 1 is 1.14 bits per heavy atom. The standard InChI is InChI=1S/C18H32N2O/c1-4-17(3)16(21)20(13-18(5-2)11-8-12-18)15(19-17)14-9-6-7-10-14/h14-15,19H,4-13H2,1-3H3. The Morgan fingerprint density at radius 3 is 2.29 bits per heavy atom. The lowest BCUT2D eigenvalue weighted by molar-refractivity contribution is -0.136.